The number of aromatic nitrogens is 2. The fraction of sp³-hybridized carbons (Fsp3) is 0.556. The molecule has 0 radical (unpaired) electrons. The molecule has 0 aromatic carbocycles. The van der Waals surface area contributed by atoms with E-state index in [1.807, 2.05) is 0 Å². The minimum absolute atomic E-state index is 0.223. The van der Waals surface area contributed by atoms with Crippen LogP contribution in [0.2, 0.25) is 0 Å². The minimum atomic E-state index is -0.804. The predicted molar refractivity (Wildman–Crippen MR) is 53.0 cm³/mol. The number of ether oxygens (including phenoxy) is 1. The zero-order valence-corrected chi connectivity index (χ0v) is 8.34. The lowest BCUT2D eigenvalue weighted by molar-refractivity contribution is -0.0229. The quantitative estimate of drug-likeness (QED) is 0.479. The van der Waals surface area contributed by atoms with E-state index < -0.39 is 29.6 Å². The second-order valence-corrected chi connectivity index (χ2v) is 3.68. The van der Waals surface area contributed by atoms with Gasteiger partial charge >= 0.3 is 5.69 Å². The van der Waals surface area contributed by atoms with E-state index >= 15 is 0 Å². The highest BCUT2D eigenvalue weighted by Crippen LogP contribution is 2.30. The van der Waals surface area contributed by atoms with Crippen LogP contribution in [0, 0.1) is 0 Å². The normalized spacial score (nSPS) is 29.5. The monoisotopic (exact) mass is 228 g/mol. The molecule has 1 unspecified atom stereocenters. The van der Waals surface area contributed by atoms with Gasteiger partial charge in [0.2, 0.25) is 0 Å². The topological polar surface area (TPSA) is 115 Å². The molecule has 4 N–H and O–H groups in total. The largest absolute Gasteiger partial charge is 0.394 e. The molecule has 0 aliphatic carbocycles. The van der Waals surface area contributed by atoms with Gasteiger partial charge in [0.15, 0.2) is 0 Å². The maximum atomic E-state index is 11.4. The lowest BCUT2D eigenvalue weighted by atomic mass is 10.1. The SMILES string of the molecule is O=c1[nH]cc(C2C[C@H](O)[C@@H](CO)O2)c(=O)[nH]1. The highest BCUT2D eigenvalue weighted by molar-refractivity contribution is 5.10. The number of rotatable bonds is 2. The van der Waals surface area contributed by atoms with Crippen LogP contribution in [0.25, 0.3) is 0 Å². The zero-order chi connectivity index (χ0) is 11.7. The van der Waals surface area contributed by atoms with Gasteiger partial charge in [-0.2, -0.15) is 0 Å². The molecule has 1 aromatic rings. The van der Waals surface area contributed by atoms with E-state index in [2.05, 4.69) is 9.97 Å². The second-order valence-electron chi connectivity index (χ2n) is 3.68. The van der Waals surface area contributed by atoms with Crippen molar-refractivity contribution in [2.75, 3.05) is 6.61 Å². The maximum Gasteiger partial charge on any atom is 0.325 e. The molecule has 16 heavy (non-hydrogen) atoms. The van der Waals surface area contributed by atoms with Crippen molar-refractivity contribution >= 4 is 0 Å². The number of hydrogen-bond acceptors (Lipinski definition) is 5. The van der Waals surface area contributed by atoms with Gasteiger partial charge in [0.05, 0.1) is 24.4 Å². The Labute approximate surface area is 89.7 Å². The Morgan fingerprint density at radius 1 is 1.50 bits per heavy atom. The Morgan fingerprint density at radius 3 is 2.81 bits per heavy atom. The second kappa shape index (κ2) is 4.20. The molecule has 7 nitrogen and oxygen atoms in total. The molecule has 88 valence electrons. The Morgan fingerprint density at radius 2 is 2.25 bits per heavy atom. The Hall–Kier alpha value is -1.44. The van der Waals surface area contributed by atoms with Gasteiger partial charge in [-0.15, -0.1) is 0 Å². The Balaban J connectivity index is 2.27. The van der Waals surface area contributed by atoms with Crippen molar-refractivity contribution in [3.8, 4) is 0 Å². The summed E-state index contributed by atoms with van der Waals surface area (Å²) >= 11 is 0. The molecular formula is C9H12N2O5. The van der Waals surface area contributed by atoms with Crippen LogP contribution in [-0.2, 0) is 4.74 Å². The summed E-state index contributed by atoms with van der Waals surface area (Å²) in [4.78, 5) is 26.6. The van der Waals surface area contributed by atoms with Crippen LogP contribution in [0.15, 0.2) is 15.8 Å². The molecule has 0 bridgehead atoms. The van der Waals surface area contributed by atoms with E-state index in [4.69, 9.17) is 9.84 Å². The number of H-pyrrole nitrogens is 2. The summed E-state index contributed by atoms with van der Waals surface area (Å²) in [7, 11) is 0. The molecule has 2 rings (SSSR count). The fourth-order valence-electron chi connectivity index (χ4n) is 1.75. The van der Waals surface area contributed by atoms with E-state index in [-0.39, 0.29) is 18.6 Å². The number of aliphatic hydroxyl groups excluding tert-OH is 2. The average molecular weight is 228 g/mol. The summed E-state index contributed by atoms with van der Waals surface area (Å²) in [5, 5.41) is 18.4. The van der Waals surface area contributed by atoms with Crippen LogP contribution < -0.4 is 11.2 Å². The van der Waals surface area contributed by atoms with Crippen LogP contribution in [0.5, 0.6) is 0 Å². The number of aliphatic hydroxyl groups is 2. The third-order valence-corrected chi connectivity index (χ3v) is 2.60. The molecule has 0 amide bonds. The van der Waals surface area contributed by atoms with Crippen molar-refractivity contribution in [3.05, 3.63) is 32.6 Å². The average Bonchev–Trinajstić information content (AvgIpc) is 2.59. The molecule has 3 atom stereocenters. The minimum Gasteiger partial charge on any atom is -0.394 e. The standard InChI is InChI=1S/C9H12N2O5/c12-3-7-5(13)1-6(16-7)4-2-10-9(15)11-8(4)14/h2,5-7,12-13H,1,3H2,(H2,10,11,14,15)/t5-,6?,7+/m0/s1. The van der Waals surface area contributed by atoms with E-state index in [0.717, 1.165) is 0 Å². The van der Waals surface area contributed by atoms with Gasteiger partial charge < -0.3 is 19.9 Å². The molecule has 0 saturated carbocycles. The first-order valence-electron chi connectivity index (χ1n) is 4.88. The Kier molecular flexibility index (Phi) is 2.90. The molecule has 7 heteroatoms. The molecule has 1 aromatic heterocycles. The van der Waals surface area contributed by atoms with Crippen molar-refractivity contribution in [3.63, 3.8) is 0 Å². The molecule has 0 spiro atoms. The van der Waals surface area contributed by atoms with Gasteiger partial charge in [-0.3, -0.25) is 9.78 Å². The first-order chi connectivity index (χ1) is 7.61. The smallest absolute Gasteiger partial charge is 0.325 e. The van der Waals surface area contributed by atoms with E-state index in [0.29, 0.717) is 0 Å². The molecule has 1 fully saturated rings. The highest BCUT2D eigenvalue weighted by atomic mass is 16.5. The first kappa shape index (κ1) is 11.1. The van der Waals surface area contributed by atoms with Gasteiger partial charge in [0.25, 0.3) is 5.56 Å². The summed E-state index contributed by atoms with van der Waals surface area (Å²) < 4.78 is 5.29. The Bertz CT molecular complexity index is 479. The maximum absolute atomic E-state index is 11.4. The predicted octanol–water partition coefficient (Wildman–Crippen LogP) is -1.75. The number of hydrogen-bond donors (Lipinski definition) is 4. The van der Waals surface area contributed by atoms with Crippen LogP contribution in [0.1, 0.15) is 18.1 Å². The van der Waals surface area contributed by atoms with Crippen molar-refractivity contribution in [1.82, 2.24) is 9.97 Å². The van der Waals surface area contributed by atoms with Crippen molar-refractivity contribution < 1.29 is 14.9 Å². The van der Waals surface area contributed by atoms with Gasteiger partial charge in [0, 0.05) is 12.6 Å². The summed E-state index contributed by atoms with van der Waals surface area (Å²) in [6.45, 7) is -0.307. The van der Waals surface area contributed by atoms with Gasteiger partial charge in [0.1, 0.15) is 6.10 Å². The van der Waals surface area contributed by atoms with E-state index in [1.54, 1.807) is 0 Å². The summed E-state index contributed by atoms with van der Waals surface area (Å²) in [5.41, 5.74) is -0.889. The van der Waals surface area contributed by atoms with Crippen LogP contribution in [0.4, 0.5) is 0 Å². The van der Waals surface area contributed by atoms with Crippen LogP contribution in [0.3, 0.4) is 0 Å². The first-order valence-corrected chi connectivity index (χ1v) is 4.88. The molecule has 1 aliphatic rings. The summed E-state index contributed by atoms with van der Waals surface area (Å²) in [5.74, 6) is 0. The number of aromatic amines is 2. The molecule has 1 aliphatic heterocycles. The molecular weight excluding hydrogens is 216 g/mol. The van der Waals surface area contributed by atoms with Gasteiger partial charge in [-0.25, -0.2) is 4.79 Å². The third kappa shape index (κ3) is 1.92. The van der Waals surface area contributed by atoms with Crippen molar-refractivity contribution in [1.29, 1.82) is 0 Å². The van der Waals surface area contributed by atoms with E-state index in [1.165, 1.54) is 6.20 Å². The van der Waals surface area contributed by atoms with Gasteiger partial charge in [-0.05, 0) is 0 Å². The summed E-state index contributed by atoms with van der Waals surface area (Å²) in [6, 6.07) is 0. The third-order valence-electron chi connectivity index (χ3n) is 2.60. The fourth-order valence-corrected chi connectivity index (χ4v) is 1.75. The van der Waals surface area contributed by atoms with E-state index in [9.17, 15) is 14.7 Å². The number of nitrogens with one attached hydrogen (secondary N) is 2. The van der Waals surface area contributed by atoms with Crippen molar-refractivity contribution in [2.45, 2.75) is 24.7 Å². The lowest BCUT2D eigenvalue weighted by Crippen LogP contribution is -2.26. The van der Waals surface area contributed by atoms with Gasteiger partial charge in [-0.1, -0.05) is 0 Å². The van der Waals surface area contributed by atoms with Crippen LogP contribution >= 0.6 is 0 Å². The molecule has 2 heterocycles. The highest BCUT2D eigenvalue weighted by Gasteiger charge is 2.35. The summed E-state index contributed by atoms with van der Waals surface area (Å²) in [6.07, 6.45) is -0.607. The van der Waals surface area contributed by atoms with Crippen LogP contribution in [-0.4, -0.2) is 39.0 Å². The zero-order valence-electron chi connectivity index (χ0n) is 8.34. The molecule has 1 saturated heterocycles. The van der Waals surface area contributed by atoms with Crippen molar-refractivity contribution in [2.24, 2.45) is 0 Å². The lowest BCUT2D eigenvalue weighted by Gasteiger charge is -2.10.